The number of hydrogen-bond acceptors (Lipinski definition) is 2. The molecular weight excluding hydrogens is 316 g/mol. The smallest absolute Gasteiger partial charge is 0.133 e. The van der Waals surface area contributed by atoms with E-state index in [1.807, 2.05) is 18.2 Å². The second kappa shape index (κ2) is 6.77. The number of methoxy groups -OCH3 is 1. The molecule has 2 nitrogen and oxygen atoms in total. The number of allylic oxidation sites excluding steroid dienone is 2. The molecule has 2 rings (SSSR count). The van der Waals surface area contributed by atoms with E-state index in [0.717, 1.165) is 28.6 Å². The zero-order chi connectivity index (χ0) is 14.7. The van der Waals surface area contributed by atoms with Crippen LogP contribution in [0.25, 0.3) is 0 Å². The lowest BCUT2D eigenvalue weighted by molar-refractivity contribution is 0.0932. The molecule has 0 heterocycles. The Kier molecular flexibility index (Phi) is 5.28. The van der Waals surface area contributed by atoms with E-state index in [0.29, 0.717) is 18.3 Å². The maximum absolute atomic E-state index is 10.5. The van der Waals surface area contributed by atoms with E-state index < -0.39 is 0 Å². The minimum Gasteiger partial charge on any atom is -0.496 e. The number of rotatable bonds is 4. The fourth-order valence-corrected chi connectivity index (χ4v) is 3.72. The van der Waals surface area contributed by atoms with Gasteiger partial charge in [0.15, 0.2) is 0 Å². The van der Waals surface area contributed by atoms with Gasteiger partial charge in [0.05, 0.1) is 17.7 Å². The first-order chi connectivity index (χ1) is 9.49. The second-order valence-corrected chi connectivity index (χ2v) is 6.78. The number of halogens is 1. The highest BCUT2D eigenvalue weighted by atomic mass is 79.9. The van der Waals surface area contributed by atoms with Crippen molar-refractivity contribution < 1.29 is 9.84 Å². The van der Waals surface area contributed by atoms with Gasteiger partial charge >= 0.3 is 0 Å². The van der Waals surface area contributed by atoms with Crippen molar-refractivity contribution in [1.29, 1.82) is 0 Å². The number of aliphatic hydroxyl groups excluding tert-OH is 1. The van der Waals surface area contributed by atoms with Gasteiger partial charge in [0.2, 0.25) is 0 Å². The molecule has 0 bridgehead atoms. The van der Waals surface area contributed by atoms with Crippen LogP contribution in [-0.2, 0) is 6.42 Å². The van der Waals surface area contributed by atoms with Gasteiger partial charge in [-0.2, -0.15) is 0 Å². The molecule has 0 aliphatic heterocycles. The Morgan fingerprint density at radius 3 is 2.80 bits per heavy atom. The molecule has 0 spiro atoms. The maximum Gasteiger partial charge on any atom is 0.133 e. The molecule has 1 aliphatic rings. The van der Waals surface area contributed by atoms with Crippen LogP contribution in [0.2, 0.25) is 0 Å². The van der Waals surface area contributed by atoms with E-state index in [1.54, 1.807) is 7.11 Å². The fourth-order valence-electron chi connectivity index (χ4n) is 3.13. The summed E-state index contributed by atoms with van der Waals surface area (Å²) < 4.78 is 6.17. The third-order valence-corrected chi connectivity index (χ3v) is 4.65. The Bertz CT molecular complexity index is 496. The summed E-state index contributed by atoms with van der Waals surface area (Å²) in [5.74, 6) is 1.77. The molecule has 1 N–H and O–H groups in total. The minimum absolute atomic E-state index is 0.276. The monoisotopic (exact) mass is 338 g/mol. The number of aliphatic hydroxyl groups is 1. The molecule has 3 unspecified atom stereocenters. The highest BCUT2D eigenvalue weighted by Gasteiger charge is 2.25. The number of benzene rings is 1. The first-order valence-electron chi connectivity index (χ1n) is 7.17. The first-order valence-corrected chi connectivity index (χ1v) is 7.96. The van der Waals surface area contributed by atoms with Crippen LogP contribution in [0, 0.1) is 11.8 Å². The molecule has 0 amide bonds. The fraction of sp³-hybridized carbons (Fsp3) is 0.529. The average molecular weight is 339 g/mol. The van der Waals surface area contributed by atoms with E-state index in [4.69, 9.17) is 4.74 Å². The quantitative estimate of drug-likeness (QED) is 0.826. The van der Waals surface area contributed by atoms with E-state index in [1.165, 1.54) is 5.57 Å². The van der Waals surface area contributed by atoms with Gasteiger partial charge in [-0.05, 0) is 71.6 Å². The Hall–Kier alpha value is -0.800. The molecule has 3 heteroatoms. The third kappa shape index (κ3) is 3.86. The van der Waals surface area contributed by atoms with Gasteiger partial charge in [-0.25, -0.2) is 0 Å². The summed E-state index contributed by atoms with van der Waals surface area (Å²) >= 11 is 3.50. The molecule has 0 fully saturated rings. The van der Waals surface area contributed by atoms with Gasteiger partial charge in [-0.1, -0.05) is 24.6 Å². The predicted molar refractivity (Wildman–Crippen MR) is 86.0 cm³/mol. The predicted octanol–water partition coefficient (Wildman–Crippen LogP) is 4.35. The minimum atomic E-state index is -0.276. The van der Waals surface area contributed by atoms with Crippen LogP contribution in [-0.4, -0.2) is 18.3 Å². The van der Waals surface area contributed by atoms with Crippen molar-refractivity contribution in [2.75, 3.05) is 7.11 Å². The van der Waals surface area contributed by atoms with Crippen molar-refractivity contribution >= 4 is 15.9 Å². The van der Waals surface area contributed by atoms with Crippen LogP contribution in [0.1, 0.15) is 32.3 Å². The van der Waals surface area contributed by atoms with Crippen LogP contribution in [0.3, 0.4) is 0 Å². The summed E-state index contributed by atoms with van der Waals surface area (Å²) in [5.41, 5.74) is 2.55. The van der Waals surface area contributed by atoms with Gasteiger partial charge in [-0.15, -0.1) is 0 Å². The second-order valence-electron chi connectivity index (χ2n) is 5.93. The van der Waals surface area contributed by atoms with E-state index in [-0.39, 0.29) is 6.10 Å². The average Bonchev–Trinajstić information content (AvgIpc) is 2.37. The summed E-state index contributed by atoms with van der Waals surface area (Å²) in [6, 6.07) is 6.01. The molecule has 0 radical (unpaired) electrons. The Labute approximate surface area is 130 Å². The van der Waals surface area contributed by atoms with Crippen molar-refractivity contribution in [3.05, 3.63) is 39.9 Å². The largest absolute Gasteiger partial charge is 0.496 e. The van der Waals surface area contributed by atoms with Gasteiger partial charge < -0.3 is 9.84 Å². The summed E-state index contributed by atoms with van der Waals surface area (Å²) in [6.07, 6.45) is 4.85. The molecule has 3 atom stereocenters. The molecule has 0 saturated carbocycles. The van der Waals surface area contributed by atoms with Crippen molar-refractivity contribution in [2.24, 2.45) is 11.8 Å². The number of ether oxygens (including phenoxy) is 1. The van der Waals surface area contributed by atoms with E-state index in [2.05, 4.69) is 35.9 Å². The van der Waals surface area contributed by atoms with Crippen molar-refractivity contribution in [3.63, 3.8) is 0 Å². The van der Waals surface area contributed by atoms with Crippen LogP contribution in [0.4, 0.5) is 0 Å². The molecule has 0 aromatic heterocycles. The lowest BCUT2D eigenvalue weighted by Gasteiger charge is -2.29. The van der Waals surface area contributed by atoms with Crippen LogP contribution < -0.4 is 4.74 Å². The normalized spacial score (nSPS) is 24.1. The lowest BCUT2D eigenvalue weighted by Crippen LogP contribution is -2.27. The Morgan fingerprint density at radius 1 is 1.45 bits per heavy atom. The van der Waals surface area contributed by atoms with Gasteiger partial charge in [-0.3, -0.25) is 0 Å². The Balaban J connectivity index is 2.03. The lowest BCUT2D eigenvalue weighted by atomic mass is 9.79. The first kappa shape index (κ1) is 15.6. The zero-order valence-electron chi connectivity index (χ0n) is 12.4. The summed E-state index contributed by atoms with van der Waals surface area (Å²) in [5, 5.41) is 10.5. The van der Waals surface area contributed by atoms with Crippen LogP contribution in [0.15, 0.2) is 34.3 Å². The molecule has 110 valence electrons. The van der Waals surface area contributed by atoms with Crippen LogP contribution in [0.5, 0.6) is 5.75 Å². The number of hydrogen-bond donors (Lipinski definition) is 1. The summed E-state index contributed by atoms with van der Waals surface area (Å²) in [6.45, 7) is 4.39. The molecular formula is C17H23BrO2. The molecule has 1 aromatic rings. The van der Waals surface area contributed by atoms with Crippen molar-refractivity contribution in [3.8, 4) is 5.75 Å². The highest BCUT2D eigenvalue weighted by Crippen LogP contribution is 2.32. The molecule has 1 aliphatic carbocycles. The van der Waals surface area contributed by atoms with Crippen molar-refractivity contribution in [2.45, 2.75) is 39.2 Å². The summed E-state index contributed by atoms with van der Waals surface area (Å²) in [7, 11) is 1.66. The maximum atomic E-state index is 10.5. The van der Waals surface area contributed by atoms with Gasteiger partial charge in [0.1, 0.15) is 5.75 Å². The summed E-state index contributed by atoms with van der Waals surface area (Å²) in [4.78, 5) is 0. The Morgan fingerprint density at radius 2 is 2.20 bits per heavy atom. The molecule has 1 aromatic carbocycles. The van der Waals surface area contributed by atoms with E-state index >= 15 is 0 Å². The zero-order valence-corrected chi connectivity index (χ0v) is 14.0. The highest BCUT2D eigenvalue weighted by molar-refractivity contribution is 9.10. The molecule has 20 heavy (non-hydrogen) atoms. The van der Waals surface area contributed by atoms with Gasteiger partial charge in [0.25, 0.3) is 0 Å². The molecule has 0 saturated heterocycles. The standard InChI is InChI=1S/C17H23BrO2/c1-11-6-12(2)8-14(7-11)16(19)10-13-4-5-17(20-3)15(18)9-13/h4-6,9,11,14,16,19H,7-8,10H2,1-3H3. The van der Waals surface area contributed by atoms with Crippen molar-refractivity contribution in [1.82, 2.24) is 0 Å². The van der Waals surface area contributed by atoms with E-state index in [9.17, 15) is 5.11 Å². The topological polar surface area (TPSA) is 29.5 Å². The van der Waals surface area contributed by atoms with Crippen LogP contribution >= 0.6 is 15.9 Å². The third-order valence-electron chi connectivity index (χ3n) is 4.03. The SMILES string of the molecule is COc1ccc(CC(O)C2CC(C)=CC(C)C2)cc1Br. The van der Waals surface area contributed by atoms with Gasteiger partial charge in [0, 0.05) is 0 Å².